The lowest BCUT2D eigenvalue weighted by Gasteiger charge is -2.26. The Morgan fingerprint density at radius 1 is 0.385 bits per heavy atom. The second kappa shape index (κ2) is 61.1. The molecule has 0 aromatic rings. The van der Waals surface area contributed by atoms with E-state index in [0.717, 1.165) is 38.5 Å². The molecule has 0 aromatic heterocycles. The molecule has 9 heteroatoms. The van der Waals surface area contributed by atoms with Crippen LogP contribution in [0.4, 0.5) is 0 Å². The van der Waals surface area contributed by atoms with Crippen LogP contribution in [0.5, 0.6) is 0 Å². The standard InChI is InChI=1S/C69H141N2O6P/c1-6-8-10-12-14-16-18-20-22-24-26-28-30-32-34-36-38-40-42-44-46-48-50-52-54-56-58-60-62-68(72)67(66-77-78(74,75)76-65-64-71(3,4)5)70-69(73)63-61-59-57-55-53-51-49-47-45-43-41-39-37-35-33-31-29-27-25-23-21-19-17-15-13-11-9-7-2/h67-68,72H,6-66H2,1-5H3,(H-,70,73,74,75)/p+1. The quantitative estimate of drug-likeness (QED) is 0.0318. The van der Waals surface area contributed by atoms with Crippen LogP contribution in [-0.2, 0) is 18.4 Å². The first-order valence-corrected chi connectivity index (χ1v) is 36.9. The summed E-state index contributed by atoms with van der Waals surface area (Å²) in [6, 6.07) is -0.757. The number of carbonyl (C=O) groups excluding carboxylic acids is 1. The van der Waals surface area contributed by atoms with Crippen molar-refractivity contribution in [2.24, 2.45) is 0 Å². The van der Waals surface area contributed by atoms with E-state index in [1.165, 1.54) is 321 Å². The summed E-state index contributed by atoms with van der Waals surface area (Å²) in [6.45, 7) is 4.97. The van der Waals surface area contributed by atoms with Crippen LogP contribution in [0.15, 0.2) is 0 Å². The molecule has 468 valence electrons. The van der Waals surface area contributed by atoms with Crippen molar-refractivity contribution in [1.82, 2.24) is 5.32 Å². The molecule has 3 unspecified atom stereocenters. The van der Waals surface area contributed by atoms with Crippen molar-refractivity contribution in [3.05, 3.63) is 0 Å². The third-order valence-electron chi connectivity index (χ3n) is 16.9. The van der Waals surface area contributed by atoms with E-state index in [2.05, 4.69) is 19.2 Å². The molecular formula is C69H142N2O6P+. The number of amides is 1. The molecule has 78 heavy (non-hydrogen) atoms. The number of phosphoric acid groups is 1. The number of aliphatic hydroxyl groups is 1. The zero-order chi connectivity index (χ0) is 57.0. The van der Waals surface area contributed by atoms with Gasteiger partial charge in [-0.05, 0) is 12.8 Å². The summed E-state index contributed by atoms with van der Waals surface area (Å²) in [5.74, 6) is -0.133. The number of aliphatic hydroxyl groups excluding tert-OH is 1. The van der Waals surface area contributed by atoms with Gasteiger partial charge in [-0.2, -0.15) is 0 Å². The highest BCUT2D eigenvalue weighted by Crippen LogP contribution is 2.43. The molecule has 0 aliphatic carbocycles. The maximum absolute atomic E-state index is 13.1. The molecule has 0 spiro atoms. The first kappa shape index (κ1) is 77.5. The van der Waals surface area contributed by atoms with Crippen molar-refractivity contribution in [1.29, 1.82) is 0 Å². The van der Waals surface area contributed by atoms with E-state index in [4.69, 9.17) is 9.05 Å². The number of unbranched alkanes of at least 4 members (excludes halogenated alkanes) is 54. The van der Waals surface area contributed by atoms with Crippen LogP contribution in [-0.4, -0.2) is 73.4 Å². The maximum Gasteiger partial charge on any atom is 0.472 e. The Hall–Kier alpha value is -0.500. The highest BCUT2D eigenvalue weighted by molar-refractivity contribution is 7.47. The van der Waals surface area contributed by atoms with E-state index in [1.54, 1.807) is 0 Å². The zero-order valence-corrected chi connectivity index (χ0v) is 54.6. The number of rotatable bonds is 67. The molecule has 0 aromatic carbocycles. The summed E-state index contributed by atoms with van der Waals surface area (Å²) in [6.07, 6.45) is 76.4. The number of likely N-dealkylation sites (N-methyl/N-ethyl adjacent to an activating group) is 1. The molecule has 0 aliphatic heterocycles. The highest BCUT2D eigenvalue weighted by atomic mass is 31.2. The first-order valence-electron chi connectivity index (χ1n) is 35.4. The SMILES string of the molecule is CCCCCCCCCCCCCCCCCCCCCCCCCCCCCCC(=O)NC(COP(=O)(O)OCC[N+](C)(C)C)C(O)CCCCCCCCCCCCCCCCCCCCCCCCCCCCCC. The van der Waals surface area contributed by atoms with Gasteiger partial charge in [0.2, 0.25) is 5.91 Å². The summed E-state index contributed by atoms with van der Waals surface area (Å²) in [5.41, 5.74) is 0. The van der Waals surface area contributed by atoms with Crippen molar-refractivity contribution in [2.75, 3.05) is 40.9 Å². The number of quaternary nitrogens is 1. The fraction of sp³-hybridized carbons (Fsp3) is 0.986. The average molecular weight is 1130 g/mol. The van der Waals surface area contributed by atoms with Crippen molar-refractivity contribution in [3.8, 4) is 0 Å². The normalized spacial score (nSPS) is 13.6. The maximum atomic E-state index is 13.1. The number of hydrogen-bond donors (Lipinski definition) is 3. The summed E-state index contributed by atoms with van der Waals surface area (Å²) in [4.78, 5) is 23.5. The molecular weight excluding hydrogens is 984 g/mol. The van der Waals surface area contributed by atoms with Crippen molar-refractivity contribution in [3.63, 3.8) is 0 Å². The van der Waals surface area contributed by atoms with Crippen molar-refractivity contribution < 1.29 is 32.9 Å². The minimum Gasteiger partial charge on any atom is -0.391 e. The van der Waals surface area contributed by atoms with Gasteiger partial charge < -0.3 is 19.8 Å². The van der Waals surface area contributed by atoms with E-state index in [0.29, 0.717) is 23.9 Å². The molecule has 0 heterocycles. The van der Waals surface area contributed by atoms with Gasteiger partial charge in [-0.25, -0.2) is 4.57 Å². The third kappa shape index (κ3) is 63.1. The number of nitrogens with zero attached hydrogens (tertiary/aromatic N) is 1. The van der Waals surface area contributed by atoms with E-state index in [9.17, 15) is 19.4 Å². The van der Waals surface area contributed by atoms with Gasteiger partial charge in [-0.3, -0.25) is 13.8 Å². The van der Waals surface area contributed by atoms with Gasteiger partial charge in [-0.15, -0.1) is 0 Å². The first-order chi connectivity index (χ1) is 38.0. The van der Waals surface area contributed by atoms with Gasteiger partial charge >= 0.3 is 7.82 Å². The van der Waals surface area contributed by atoms with Gasteiger partial charge in [0.1, 0.15) is 13.2 Å². The van der Waals surface area contributed by atoms with Gasteiger partial charge in [0.15, 0.2) is 0 Å². The minimum absolute atomic E-state index is 0.0795. The van der Waals surface area contributed by atoms with Crippen LogP contribution in [0.25, 0.3) is 0 Å². The molecule has 0 radical (unpaired) electrons. The van der Waals surface area contributed by atoms with Gasteiger partial charge in [0.25, 0.3) is 0 Å². The predicted molar refractivity (Wildman–Crippen MR) is 342 cm³/mol. The molecule has 3 atom stereocenters. The number of hydrogen-bond acceptors (Lipinski definition) is 5. The molecule has 0 saturated heterocycles. The lowest BCUT2D eigenvalue weighted by molar-refractivity contribution is -0.870. The van der Waals surface area contributed by atoms with E-state index in [-0.39, 0.29) is 19.1 Å². The van der Waals surface area contributed by atoms with Crippen molar-refractivity contribution in [2.45, 2.75) is 398 Å². The fourth-order valence-corrected chi connectivity index (χ4v) is 12.1. The van der Waals surface area contributed by atoms with Crippen LogP contribution in [0, 0.1) is 0 Å². The second-order valence-corrected chi connectivity index (χ2v) is 27.4. The Morgan fingerprint density at radius 3 is 0.859 bits per heavy atom. The van der Waals surface area contributed by atoms with Gasteiger partial charge in [-0.1, -0.05) is 367 Å². The van der Waals surface area contributed by atoms with E-state index in [1.807, 2.05) is 21.1 Å². The Kier molecular flexibility index (Phi) is 60.7. The second-order valence-electron chi connectivity index (χ2n) is 26.0. The number of phosphoric ester groups is 1. The Morgan fingerprint density at radius 2 is 0.615 bits per heavy atom. The molecule has 0 rings (SSSR count). The number of nitrogens with one attached hydrogen (secondary N) is 1. The Labute approximate surface area is 489 Å². The Bertz CT molecular complexity index is 1230. The molecule has 0 fully saturated rings. The van der Waals surface area contributed by atoms with Gasteiger partial charge in [0, 0.05) is 6.42 Å². The zero-order valence-electron chi connectivity index (χ0n) is 53.7. The largest absolute Gasteiger partial charge is 0.472 e. The predicted octanol–water partition coefficient (Wildman–Crippen LogP) is 22.3. The molecule has 8 nitrogen and oxygen atoms in total. The highest BCUT2D eigenvalue weighted by Gasteiger charge is 2.28. The summed E-state index contributed by atoms with van der Waals surface area (Å²) < 4.78 is 23.9. The lowest BCUT2D eigenvalue weighted by Crippen LogP contribution is -2.46. The average Bonchev–Trinajstić information content (AvgIpc) is 3.41. The molecule has 0 bridgehead atoms. The lowest BCUT2D eigenvalue weighted by atomic mass is 10.0. The molecule has 1 amide bonds. The smallest absolute Gasteiger partial charge is 0.391 e. The fourth-order valence-electron chi connectivity index (χ4n) is 11.3. The van der Waals surface area contributed by atoms with Gasteiger partial charge in [0.05, 0.1) is 39.9 Å². The van der Waals surface area contributed by atoms with Crippen LogP contribution in [0.1, 0.15) is 386 Å². The van der Waals surface area contributed by atoms with Crippen LogP contribution < -0.4 is 5.32 Å². The minimum atomic E-state index is -4.33. The summed E-state index contributed by atoms with van der Waals surface area (Å²) in [5, 5.41) is 14.2. The Balaban J connectivity index is 3.98. The van der Waals surface area contributed by atoms with Crippen LogP contribution in [0.2, 0.25) is 0 Å². The summed E-state index contributed by atoms with van der Waals surface area (Å²) >= 11 is 0. The molecule has 0 aliphatic rings. The van der Waals surface area contributed by atoms with Crippen LogP contribution in [0.3, 0.4) is 0 Å². The molecule has 0 saturated carbocycles. The monoisotopic (exact) mass is 1130 g/mol. The molecule has 3 N–H and O–H groups in total. The topological polar surface area (TPSA) is 105 Å². The van der Waals surface area contributed by atoms with Crippen molar-refractivity contribution >= 4 is 13.7 Å². The number of carbonyl (C=O) groups is 1. The summed E-state index contributed by atoms with van der Waals surface area (Å²) in [7, 11) is 1.64. The third-order valence-corrected chi connectivity index (χ3v) is 17.8. The van der Waals surface area contributed by atoms with E-state index < -0.39 is 20.0 Å². The van der Waals surface area contributed by atoms with E-state index >= 15 is 0 Å². The van der Waals surface area contributed by atoms with Crippen LogP contribution >= 0.6 is 7.82 Å².